The summed E-state index contributed by atoms with van der Waals surface area (Å²) < 4.78 is 30.1. The molecule has 0 radical (unpaired) electrons. The number of carbonyl (C=O) groups excluding carboxylic acids is 3. The number of rotatable bonds is 6. The van der Waals surface area contributed by atoms with E-state index in [0.717, 1.165) is 0 Å². The van der Waals surface area contributed by atoms with E-state index in [0.29, 0.717) is 18.4 Å². The van der Waals surface area contributed by atoms with Gasteiger partial charge in [-0.3, -0.25) is 19.6 Å². The maximum atomic E-state index is 13.6. The first-order valence-electron chi connectivity index (χ1n) is 15.6. The average molecular weight is 647 g/mol. The fourth-order valence-corrected chi connectivity index (χ4v) is 8.52. The number of hydrogen-bond donors (Lipinski definition) is 1. The maximum Gasteiger partial charge on any atom is 0.345 e. The van der Waals surface area contributed by atoms with Crippen molar-refractivity contribution < 1.29 is 42.9 Å². The molecule has 47 heavy (non-hydrogen) atoms. The summed E-state index contributed by atoms with van der Waals surface area (Å²) in [4.78, 5) is 59.7. The van der Waals surface area contributed by atoms with Crippen LogP contribution in [-0.2, 0) is 23.8 Å². The molecule has 0 unspecified atom stereocenters. The van der Waals surface area contributed by atoms with E-state index in [1.807, 2.05) is 13.8 Å². The van der Waals surface area contributed by atoms with Crippen molar-refractivity contribution in [2.24, 2.45) is 22.7 Å². The third-order valence-corrected chi connectivity index (χ3v) is 10.6. The number of fused-ring (bicyclic) bond motifs is 4. The van der Waals surface area contributed by atoms with Gasteiger partial charge in [-0.25, -0.2) is 9.59 Å². The van der Waals surface area contributed by atoms with Crippen LogP contribution in [0.1, 0.15) is 75.9 Å². The lowest BCUT2D eigenvalue weighted by molar-refractivity contribution is -0.266. The van der Waals surface area contributed by atoms with E-state index in [2.05, 4.69) is 9.97 Å². The van der Waals surface area contributed by atoms with Crippen LogP contribution in [0.2, 0.25) is 0 Å². The molecule has 0 amide bonds. The predicted molar refractivity (Wildman–Crippen MR) is 165 cm³/mol. The van der Waals surface area contributed by atoms with Crippen LogP contribution in [0.25, 0.3) is 11.3 Å². The summed E-state index contributed by atoms with van der Waals surface area (Å²) in [6.07, 6.45) is 4.15. The van der Waals surface area contributed by atoms with Gasteiger partial charge in [0.05, 0.1) is 11.7 Å². The average Bonchev–Trinajstić information content (AvgIpc) is 3.03. The van der Waals surface area contributed by atoms with Crippen LogP contribution >= 0.6 is 0 Å². The molecule has 3 aliphatic rings. The number of ether oxygens (including phenoxy) is 4. The van der Waals surface area contributed by atoms with Crippen LogP contribution in [0.15, 0.2) is 64.3 Å². The Morgan fingerprint density at radius 1 is 1.00 bits per heavy atom. The van der Waals surface area contributed by atoms with E-state index in [1.165, 1.54) is 20.0 Å². The smallest absolute Gasteiger partial charge is 0.345 e. The Labute approximate surface area is 271 Å². The van der Waals surface area contributed by atoms with Gasteiger partial charge in [-0.05, 0) is 61.8 Å². The molecule has 2 aliphatic carbocycles. The molecular weight excluding hydrogens is 608 g/mol. The number of esters is 3. The second kappa shape index (κ2) is 11.9. The summed E-state index contributed by atoms with van der Waals surface area (Å²) in [5, 5.41) is 12.3. The fraction of sp³-hybridized carbons (Fsp3) is 0.486. The van der Waals surface area contributed by atoms with Crippen molar-refractivity contribution >= 4 is 17.9 Å². The van der Waals surface area contributed by atoms with Crippen molar-refractivity contribution in [2.45, 2.75) is 77.8 Å². The molecule has 2 saturated carbocycles. The van der Waals surface area contributed by atoms with E-state index < -0.39 is 70.1 Å². The highest BCUT2D eigenvalue weighted by atomic mass is 16.6. The van der Waals surface area contributed by atoms with Crippen molar-refractivity contribution in [3.8, 4) is 17.1 Å². The van der Waals surface area contributed by atoms with Crippen molar-refractivity contribution in [1.29, 1.82) is 0 Å². The van der Waals surface area contributed by atoms with E-state index >= 15 is 0 Å². The molecule has 1 aliphatic heterocycles. The van der Waals surface area contributed by atoms with E-state index in [1.54, 1.807) is 55.8 Å². The van der Waals surface area contributed by atoms with Crippen LogP contribution in [0.5, 0.6) is 5.75 Å². The number of hydrogen-bond acceptors (Lipinski definition) is 12. The summed E-state index contributed by atoms with van der Waals surface area (Å²) in [6.45, 7) is 8.21. The van der Waals surface area contributed by atoms with Gasteiger partial charge in [-0.15, -0.1) is 0 Å². The zero-order valence-corrected chi connectivity index (χ0v) is 26.9. The summed E-state index contributed by atoms with van der Waals surface area (Å²) in [6, 6.07) is 8.20. The van der Waals surface area contributed by atoms with Crippen LogP contribution in [0.4, 0.5) is 0 Å². The monoisotopic (exact) mass is 646 g/mol. The Balaban J connectivity index is 1.51. The molecule has 2 fully saturated rings. The second-order valence-corrected chi connectivity index (χ2v) is 13.5. The number of aliphatic hydroxyl groups is 1. The Morgan fingerprint density at radius 3 is 2.36 bits per heavy atom. The van der Waals surface area contributed by atoms with E-state index in [-0.39, 0.29) is 35.7 Å². The van der Waals surface area contributed by atoms with Gasteiger partial charge in [-0.2, -0.15) is 0 Å². The van der Waals surface area contributed by atoms with Crippen LogP contribution in [-0.4, -0.2) is 57.4 Å². The van der Waals surface area contributed by atoms with Crippen LogP contribution in [0, 0.1) is 22.7 Å². The van der Waals surface area contributed by atoms with Crippen molar-refractivity contribution in [3.05, 3.63) is 76.7 Å². The number of aliphatic hydroxyl groups excluding tert-OH is 1. The second-order valence-electron chi connectivity index (χ2n) is 13.5. The maximum absolute atomic E-state index is 13.6. The predicted octanol–water partition coefficient (Wildman–Crippen LogP) is 4.44. The van der Waals surface area contributed by atoms with Gasteiger partial charge in [0.2, 0.25) is 0 Å². The number of aromatic nitrogens is 2. The minimum Gasteiger partial charge on any atom is -0.482 e. The molecule has 3 aromatic rings. The normalized spacial score (nSPS) is 32.4. The minimum absolute atomic E-state index is 0.0388. The quantitative estimate of drug-likeness (QED) is 0.296. The largest absolute Gasteiger partial charge is 0.482 e. The fourth-order valence-electron chi connectivity index (χ4n) is 8.52. The molecule has 12 nitrogen and oxygen atoms in total. The highest BCUT2D eigenvalue weighted by Gasteiger charge is 2.71. The number of pyridine rings is 2. The lowest BCUT2D eigenvalue weighted by Crippen LogP contribution is -2.71. The first-order chi connectivity index (χ1) is 22.3. The molecule has 0 spiro atoms. The highest BCUT2D eigenvalue weighted by Crippen LogP contribution is 2.67. The zero-order valence-electron chi connectivity index (χ0n) is 26.9. The van der Waals surface area contributed by atoms with Crippen molar-refractivity contribution in [1.82, 2.24) is 9.97 Å². The van der Waals surface area contributed by atoms with Gasteiger partial charge in [0.1, 0.15) is 41.5 Å². The molecule has 4 heterocycles. The molecule has 3 aromatic heterocycles. The van der Waals surface area contributed by atoms with Crippen molar-refractivity contribution in [3.63, 3.8) is 0 Å². The first-order valence-corrected chi connectivity index (χ1v) is 15.6. The first kappa shape index (κ1) is 32.4. The number of carbonyl (C=O) groups is 3. The van der Waals surface area contributed by atoms with Gasteiger partial charge in [0, 0.05) is 61.6 Å². The van der Waals surface area contributed by atoms with Gasteiger partial charge in [0.15, 0.2) is 0 Å². The van der Waals surface area contributed by atoms with Gasteiger partial charge in [0.25, 0.3) is 0 Å². The van der Waals surface area contributed by atoms with Crippen LogP contribution < -0.4 is 10.4 Å². The minimum atomic E-state index is -1.39. The highest BCUT2D eigenvalue weighted by molar-refractivity contribution is 5.89. The Morgan fingerprint density at radius 2 is 1.72 bits per heavy atom. The Hall–Kier alpha value is -4.58. The van der Waals surface area contributed by atoms with Crippen molar-refractivity contribution in [2.75, 3.05) is 6.61 Å². The van der Waals surface area contributed by atoms with Crippen LogP contribution in [0.3, 0.4) is 0 Å². The topological polar surface area (TPSA) is 164 Å². The van der Waals surface area contributed by atoms with Gasteiger partial charge < -0.3 is 28.5 Å². The zero-order chi connectivity index (χ0) is 33.7. The molecule has 0 saturated heterocycles. The summed E-state index contributed by atoms with van der Waals surface area (Å²) >= 11 is 0. The molecule has 0 bridgehead atoms. The molecular formula is C35H38N2O10. The lowest BCUT2D eigenvalue weighted by Gasteiger charge is -2.66. The summed E-state index contributed by atoms with van der Waals surface area (Å²) in [7, 11) is 0. The Bertz CT molecular complexity index is 1750. The molecule has 12 heteroatoms. The molecule has 1 N–H and O–H groups in total. The lowest BCUT2D eigenvalue weighted by atomic mass is 9.42. The molecule has 8 atom stereocenters. The number of nitrogens with zero attached hydrogens (tertiary/aromatic N) is 2. The van der Waals surface area contributed by atoms with Gasteiger partial charge >= 0.3 is 23.5 Å². The third kappa shape index (κ3) is 5.48. The molecule has 248 valence electrons. The summed E-state index contributed by atoms with van der Waals surface area (Å²) in [5.41, 5.74) is -3.13. The third-order valence-electron chi connectivity index (χ3n) is 10.6. The van der Waals surface area contributed by atoms with E-state index in [4.69, 9.17) is 23.4 Å². The molecule has 6 rings (SSSR count). The molecule has 0 aromatic carbocycles. The van der Waals surface area contributed by atoms with Gasteiger partial charge in [-0.1, -0.05) is 13.8 Å². The Kier molecular flexibility index (Phi) is 8.19. The standard InChI is InChI=1S/C35H38N2O10/c1-19(38)43-18-34(4)25-15-27(46-31(41)22-9-7-13-37-17-22)35(5)30(33(25,3)11-10-26(34)44-20(2)39)29(40)28-24(47-35)14-23(45-32(28)42)21-8-6-12-36-16-21/h6-9,12-14,16-17,25-27,29-30,40H,10-11,15,18H2,1-5H3/t25-,26+,27+,29+,30-,33+,34+,35-/m1/s1. The summed E-state index contributed by atoms with van der Waals surface area (Å²) in [5.74, 6) is -2.56. The SMILES string of the molecule is CC(=O)OC[C@@]1(C)[C@@H]2C[C@H](OC(=O)c3cccnc3)[C@@]3(C)Oc4cc(-c5cccnc5)oc(=O)c4[C@H](O)[C@@H]3[C@@]2(C)CC[C@@H]1OC(C)=O. The van der Waals surface area contributed by atoms with E-state index in [9.17, 15) is 24.3 Å².